The summed E-state index contributed by atoms with van der Waals surface area (Å²) in [4.78, 5) is 20.6. The van der Waals surface area contributed by atoms with Crippen LogP contribution in [0.1, 0.15) is 5.56 Å². The first kappa shape index (κ1) is 17.5. The summed E-state index contributed by atoms with van der Waals surface area (Å²) in [6.45, 7) is 8.50. The number of carbonyl (C=O) groups is 1. The van der Waals surface area contributed by atoms with Gasteiger partial charge in [0.25, 0.3) is 0 Å². The number of nitrogens with one attached hydrogen (secondary N) is 1. The van der Waals surface area contributed by atoms with Gasteiger partial charge in [0, 0.05) is 50.9 Å². The van der Waals surface area contributed by atoms with E-state index in [9.17, 15) is 9.18 Å². The van der Waals surface area contributed by atoms with Crippen LogP contribution in [0.3, 0.4) is 0 Å². The van der Waals surface area contributed by atoms with Crippen molar-refractivity contribution >= 4 is 16.8 Å². The van der Waals surface area contributed by atoms with E-state index in [0.29, 0.717) is 19.6 Å². The highest BCUT2D eigenvalue weighted by atomic mass is 19.1. The van der Waals surface area contributed by atoms with E-state index in [4.69, 9.17) is 0 Å². The van der Waals surface area contributed by atoms with Crippen LogP contribution in [-0.4, -0.2) is 60.0 Å². The zero-order chi connectivity index (χ0) is 17.6. The number of hydrogen-bond donors (Lipinski definition) is 1. The number of aromatic nitrogens is 1. The number of carbonyl (C=O) groups excluding carboxylic acids is 1. The van der Waals surface area contributed by atoms with Gasteiger partial charge < -0.3 is 5.32 Å². The van der Waals surface area contributed by atoms with Gasteiger partial charge in [0.15, 0.2) is 0 Å². The maximum atomic E-state index is 13.9. The van der Waals surface area contributed by atoms with Crippen LogP contribution in [0.5, 0.6) is 0 Å². The summed E-state index contributed by atoms with van der Waals surface area (Å²) in [5.74, 6) is -0.207. The Morgan fingerprint density at radius 1 is 1.28 bits per heavy atom. The number of amides is 1. The van der Waals surface area contributed by atoms with Crippen molar-refractivity contribution in [2.45, 2.75) is 6.54 Å². The van der Waals surface area contributed by atoms with E-state index in [1.165, 1.54) is 6.07 Å². The van der Waals surface area contributed by atoms with Gasteiger partial charge in [0.05, 0.1) is 12.1 Å². The van der Waals surface area contributed by atoms with Crippen LogP contribution in [0.4, 0.5) is 4.39 Å². The number of hydrogen-bond acceptors (Lipinski definition) is 4. The molecule has 0 saturated carbocycles. The number of rotatable bonds is 6. The maximum Gasteiger partial charge on any atom is 0.234 e. The molecule has 1 N–H and O–H groups in total. The van der Waals surface area contributed by atoms with E-state index in [-0.39, 0.29) is 11.7 Å². The molecule has 25 heavy (non-hydrogen) atoms. The molecular weight excluding hydrogens is 319 g/mol. The molecule has 1 aromatic heterocycles. The largest absolute Gasteiger partial charge is 0.352 e. The lowest BCUT2D eigenvalue weighted by molar-refractivity contribution is -0.122. The molecule has 0 spiro atoms. The number of benzene rings is 1. The van der Waals surface area contributed by atoms with Gasteiger partial charge >= 0.3 is 0 Å². The molecular formula is C19H23FN4O. The summed E-state index contributed by atoms with van der Waals surface area (Å²) in [6, 6.07) is 6.80. The molecule has 1 aliphatic heterocycles. The van der Waals surface area contributed by atoms with E-state index in [2.05, 4.69) is 26.7 Å². The molecule has 1 fully saturated rings. The van der Waals surface area contributed by atoms with Crippen molar-refractivity contribution in [1.82, 2.24) is 20.1 Å². The summed E-state index contributed by atoms with van der Waals surface area (Å²) < 4.78 is 13.9. The normalized spacial score (nSPS) is 16.0. The Morgan fingerprint density at radius 2 is 2.04 bits per heavy atom. The van der Waals surface area contributed by atoms with Gasteiger partial charge in [0.2, 0.25) is 5.91 Å². The van der Waals surface area contributed by atoms with Crippen molar-refractivity contribution in [3.8, 4) is 0 Å². The molecule has 6 heteroatoms. The quantitative estimate of drug-likeness (QED) is 0.813. The van der Waals surface area contributed by atoms with Crippen molar-refractivity contribution < 1.29 is 9.18 Å². The molecule has 2 heterocycles. The smallest absolute Gasteiger partial charge is 0.234 e. The third-order valence-corrected chi connectivity index (χ3v) is 4.42. The predicted octanol–water partition coefficient (Wildman–Crippen LogP) is 1.79. The fourth-order valence-corrected chi connectivity index (χ4v) is 3.14. The standard InChI is InChI=1S/C19H23FN4O/c1-2-5-21-18(25)14-24-9-7-23(8-10-24)13-16-12-17(20)11-15-4-3-6-22-19(15)16/h2-4,6,11-12H,1,5,7-10,13-14H2,(H,21,25). The monoisotopic (exact) mass is 342 g/mol. The minimum Gasteiger partial charge on any atom is -0.352 e. The number of nitrogens with zero attached hydrogens (tertiary/aromatic N) is 3. The molecule has 1 saturated heterocycles. The van der Waals surface area contributed by atoms with Crippen LogP contribution in [-0.2, 0) is 11.3 Å². The van der Waals surface area contributed by atoms with Crippen LogP contribution in [0.25, 0.3) is 10.9 Å². The van der Waals surface area contributed by atoms with Gasteiger partial charge in [-0.15, -0.1) is 6.58 Å². The van der Waals surface area contributed by atoms with Crippen molar-refractivity contribution in [2.75, 3.05) is 39.3 Å². The van der Waals surface area contributed by atoms with Crippen molar-refractivity contribution in [2.24, 2.45) is 0 Å². The summed E-state index contributed by atoms with van der Waals surface area (Å²) in [7, 11) is 0. The lowest BCUT2D eigenvalue weighted by Gasteiger charge is -2.34. The summed E-state index contributed by atoms with van der Waals surface area (Å²) in [6.07, 6.45) is 3.41. The Kier molecular flexibility index (Phi) is 5.73. The first-order valence-corrected chi connectivity index (χ1v) is 8.51. The highest BCUT2D eigenvalue weighted by Crippen LogP contribution is 2.20. The van der Waals surface area contributed by atoms with Gasteiger partial charge in [-0.3, -0.25) is 19.6 Å². The van der Waals surface area contributed by atoms with Crippen molar-refractivity contribution in [3.63, 3.8) is 0 Å². The second kappa shape index (κ2) is 8.18. The molecule has 0 aliphatic carbocycles. The topological polar surface area (TPSA) is 48.5 Å². The van der Waals surface area contributed by atoms with Gasteiger partial charge in [-0.25, -0.2) is 4.39 Å². The van der Waals surface area contributed by atoms with E-state index in [1.807, 2.05) is 12.1 Å². The molecule has 1 aliphatic rings. The third kappa shape index (κ3) is 4.61. The average molecular weight is 342 g/mol. The summed E-state index contributed by atoms with van der Waals surface area (Å²) in [5, 5.41) is 3.62. The molecule has 3 rings (SSSR count). The van der Waals surface area contributed by atoms with Crippen LogP contribution >= 0.6 is 0 Å². The van der Waals surface area contributed by atoms with Crippen LogP contribution in [0.2, 0.25) is 0 Å². The highest BCUT2D eigenvalue weighted by Gasteiger charge is 2.19. The van der Waals surface area contributed by atoms with E-state index in [0.717, 1.165) is 42.6 Å². The Labute approximate surface area is 147 Å². The first-order chi connectivity index (χ1) is 12.2. The second-order valence-electron chi connectivity index (χ2n) is 6.29. The molecule has 0 bridgehead atoms. The Balaban J connectivity index is 1.58. The Hall–Kier alpha value is -2.31. The summed E-state index contributed by atoms with van der Waals surface area (Å²) in [5.41, 5.74) is 1.77. The Morgan fingerprint density at radius 3 is 2.80 bits per heavy atom. The average Bonchev–Trinajstić information content (AvgIpc) is 2.61. The van der Waals surface area contributed by atoms with Gasteiger partial charge in [-0.1, -0.05) is 12.1 Å². The molecule has 1 amide bonds. The van der Waals surface area contributed by atoms with E-state index >= 15 is 0 Å². The van der Waals surface area contributed by atoms with E-state index < -0.39 is 0 Å². The zero-order valence-corrected chi connectivity index (χ0v) is 14.2. The highest BCUT2D eigenvalue weighted by molar-refractivity contribution is 5.81. The van der Waals surface area contributed by atoms with Gasteiger partial charge in [-0.2, -0.15) is 0 Å². The SMILES string of the molecule is C=CCNC(=O)CN1CCN(Cc2cc(F)cc3cccnc23)CC1. The Bertz CT molecular complexity index is 756. The molecule has 2 aromatic rings. The van der Waals surface area contributed by atoms with E-state index in [1.54, 1.807) is 18.3 Å². The van der Waals surface area contributed by atoms with Crippen molar-refractivity contribution in [3.05, 3.63) is 54.5 Å². The lowest BCUT2D eigenvalue weighted by Crippen LogP contribution is -2.49. The van der Waals surface area contributed by atoms with Gasteiger partial charge in [-0.05, 0) is 23.8 Å². The second-order valence-corrected chi connectivity index (χ2v) is 6.29. The molecule has 5 nitrogen and oxygen atoms in total. The number of halogens is 1. The molecule has 0 radical (unpaired) electrons. The molecule has 1 aromatic carbocycles. The fourth-order valence-electron chi connectivity index (χ4n) is 3.14. The third-order valence-electron chi connectivity index (χ3n) is 4.42. The van der Waals surface area contributed by atoms with Crippen molar-refractivity contribution in [1.29, 1.82) is 0 Å². The fraction of sp³-hybridized carbons (Fsp3) is 0.368. The molecule has 132 valence electrons. The zero-order valence-electron chi connectivity index (χ0n) is 14.2. The maximum absolute atomic E-state index is 13.9. The number of fused-ring (bicyclic) bond motifs is 1. The van der Waals surface area contributed by atoms with Crippen LogP contribution in [0.15, 0.2) is 43.1 Å². The first-order valence-electron chi connectivity index (χ1n) is 8.51. The molecule has 0 unspecified atom stereocenters. The predicted molar refractivity (Wildman–Crippen MR) is 96.6 cm³/mol. The minimum atomic E-state index is -0.229. The van der Waals surface area contributed by atoms with Crippen LogP contribution < -0.4 is 5.32 Å². The number of piperazine rings is 1. The van der Waals surface area contributed by atoms with Crippen LogP contribution in [0, 0.1) is 5.82 Å². The summed E-state index contributed by atoms with van der Waals surface area (Å²) >= 11 is 0. The molecule has 0 atom stereocenters. The minimum absolute atomic E-state index is 0.0219. The number of pyridine rings is 1. The van der Waals surface area contributed by atoms with Gasteiger partial charge in [0.1, 0.15) is 5.82 Å². The lowest BCUT2D eigenvalue weighted by atomic mass is 10.1.